The van der Waals surface area contributed by atoms with Crippen molar-refractivity contribution in [2.45, 2.75) is 51.3 Å². The zero-order chi connectivity index (χ0) is 13.1. The van der Waals surface area contributed by atoms with Gasteiger partial charge in [0.1, 0.15) is 11.5 Å². The van der Waals surface area contributed by atoms with Gasteiger partial charge in [-0.05, 0) is 44.9 Å². The van der Waals surface area contributed by atoms with E-state index in [4.69, 9.17) is 10.2 Å². The molecule has 0 aromatic carbocycles. The van der Waals surface area contributed by atoms with Crippen LogP contribution in [0.5, 0.6) is 0 Å². The molecule has 0 spiro atoms. The van der Waals surface area contributed by atoms with Gasteiger partial charge in [-0.2, -0.15) is 0 Å². The number of rotatable bonds is 4. The van der Waals surface area contributed by atoms with Crippen LogP contribution in [0.25, 0.3) is 0 Å². The summed E-state index contributed by atoms with van der Waals surface area (Å²) in [6.45, 7) is 5.71. The maximum Gasteiger partial charge on any atom is 0.122 e. The number of nitrogens with zero attached hydrogens (tertiary/aromatic N) is 1. The van der Waals surface area contributed by atoms with Crippen LogP contribution in [0.4, 0.5) is 0 Å². The van der Waals surface area contributed by atoms with Gasteiger partial charge < -0.3 is 15.3 Å². The molecule has 2 heterocycles. The molecule has 0 amide bonds. The molecule has 3 atom stereocenters. The number of hydrogen-bond acceptors (Lipinski definition) is 4. The molecule has 1 saturated heterocycles. The lowest BCUT2D eigenvalue weighted by molar-refractivity contribution is 0.0320. The fraction of sp³-hybridized carbons (Fsp3) is 0.714. The van der Waals surface area contributed by atoms with Crippen LogP contribution in [-0.4, -0.2) is 35.2 Å². The number of hydrogen-bond donors (Lipinski definition) is 2. The molecule has 0 radical (unpaired) electrons. The maximum atomic E-state index is 9.82. The molecule has 2 rings (SSSR count). The summed E-state index contributed by atoms with van der Waals surface area (Å²) in [6, 6.07) is 4.11. The predicted octanol–water partition coefficient (Wildman–Crippen LogP) is 1.82. The molecule has 4 nitrogen and oxygen atoms in total. The van der Waals surface area contributed by atoms with E-state index in [0.29, 0.717) is 6.54 Å². The first-order chi connectivity index (χ1) is 8.61. The van der Waals surface area contributed by atoms with Crippen molar-refractivity contribution in [2.24, 2.45) is 5.73 Å². The number of aliphatic hydroxyl groups is 1. The highest BCUT2D eigenvalue weighted by Gasteiger charge is 2.31. The molecule has 0 bridgehead atoms. The molecule has 0 saturated carbocycles. The van der Waals surface area contributed by atoms with E-state index >= 15 is 0 Å². The Balaban J connectivity index is 2.19. The van der Waals surface area contributed by atoms with Crippen LogP contribution in [-0.2, 0) is 0 Å². The van der Waals surface area contributed by atoms with E-state index in [-0.39, 0.29) is 18.2 Å². The Kier molecular flexibility index (Phi) is 4.43. The van der Waals surface area contributed by atoms with Crippen molar-refractivity contribution in [3.63, 3.8) is 0 Å². The zero-order valence-corrected chi connectivity index (χ0v) is 11.3. The van der Waals surface area contributed by atoms with Gasteiger partial charge in [0.05, 0.1) is 12.1 Å². The molecule has 18 heavy (non-hydrogen) atoms. The smallest absolute Gasteiger partial charge is 0.122 e. The van der Waals surface area contributed by atoms with Gasteiger partial charge in [0.15, 0.2) is 0 Å². The molecule has 3 N–H and O–H groups in total. The van der Waals surface area contributed by atoms with Gasteiger partial charge in [0, 0.05) is 12.6 Å². The standard InChI is InChI=1S/C14H24N2O2/c1-3-12(15)14(13-7-6-10(2)18-13)16-8-4-5-11(17)9-16/h6-7,11-12,14,17H,3-5,8-9,15H2,1-2H3. The number of aliphatic hydroxyl groups excluding tert-OH is 1. The van der Waals surface area contributed by atoms with Crippen LogP contribution >= 0.6 is 0 Å². The average Bonchev–Trinajstić information content (AvgIpc) is 2.76. The Morgan fingerprint density at radius 2 is 2.33 bits per heavy atom. The highest BCUT2D eigenvalue weighted by molar-refractivity contribution is 5.12. The number of β-amino-alcohol motifs (C(OH)–C–C–N with tert-alkyl or cyclic N) is 1. The average molecular weight is 252 g/mol. The molecular weight excluding hydrogens is 228 g/mol. The Hall–Kier alpha value is -0.840. The van der Waals surface area contributed by atoms with E-state index < -0.39 is 0 Å². The second-order valence-corrected chi connectivity index (χ2v) is 5.26. The predicted molar refractivity (Wildman–Crippen MR) is 71.3 cm³/mol. The lowest BCUT2D eigenvalue weighted by Gasteiger charge is -2.38. The molecule has 4 heteroatoms. The van der Waals surface area contributed by atoms with Gasteiger partial charge in [-0.3, -0.25) is 4.90 Å². The molecular formula is C14H24N2O2. The van der Waals surface area contributed by atoms with E-state index in [1.165, 1.54) is 0 Å². The maximum absolute atomic E-state index is 9.82. The minimum absolute atomic E-state index is 0.0425. The van der Waals surface area contributed by atoms with E-state index in [2.05, 4.69) is 11.8 Å². The van der Waals surface area contributed by atoms with Crippen molar-refractivity contribution in [1.29, 1.82) is 0 Å². The Morgan fingerprint density at radius 3 is 2.89 bits per heavy atom. The van der Waals surface area contributed by atoms with Gasteiger partial charge in [-0.1, -0.05) is 6.92 Å². The lowest BCUT2D eigenvalue weighted by Crippen LogP contribution is -2.46. The van der Waals surface area contributed by atoms with Gasteiger partial charge >= 0.3 is 0 Å². The summed E-state index contributed by atoms with van der Waals surface area (Å²) in [7, 11) is 0. The molecule has 1 fully saturated rings. The first kappa shape index (κ1) is 13.6. The number of piperidine rings is 1. The summed E-state index contributed by atoms with van der Waals surface area (Å²) in [6.07, 6.45) is 2.58. The normalized spacial score (nSPS) is 25.0. The summed E-state index contributed by atoms with van der Waals surface area (Å²) in [4.78, 5) is 2.26. The molecule has 1 aromatic rings. The summed E-state index contributed by atoms with van der Waals surface area (Å²) >= 11 is 0. The van der Waals surface area contributed by atoms with Gasteiger partial charge in [0.25, 0.3) is 0 Å². The number of likely N-dealkylation sites (tertiary alicyclic amines) is 1. The van der Waals surface area contributed by atoms with Crippen LogP contribution in [0.2, 0.25) is 0 Å². The van der Waals surface area contributed by atoms with Crippen molar-refractivity contribution in [3.8, 4) is 0 Å². The van der Waals surface area contributed by atoms with Gasteiger partial charge in [-0.25, -0.2) is 0 Å². The van der Waals surface area contributed by atoms with Crippen LogP contribution in [0.15, 0.2) is 16.5 Å². The monoisotopic (exact) mass is 252 g/mol. The van der Waals surface area contributed by atoms with Crippen LogP contribution in [0.1, 0.15) is 43.7 Å². The van der Waals surface area contributed by atoms with E-state index in [1.807, 2.05) is 19.1 Å². The third-order valence-electron chi connectivity index (χ3n) is 3.75. The van der Waals surface area contributed by atoms with E-state index in [1.54, 1.807) is 0 Å². The summed E-state index contributed by atoms with van der Waals surface area (Å²) < 4.78 is 5.75. The zero-order valence-electron chi connectivity index (χ0n) is 11.3. The highest BCUT2D eigenvalue weighted by Crippen LogP contribution is 2.29. The quantitative estimate of drug-likeness (QED) is 0.858. The minimum atomic E-state index is -0.235. The molecule has 1 aliphatic rings. The lowest BCUT2D eigenvalue weighted by atomic mass is 9.98. The summed E-state index contributed by atoms with van der Waals surface area (Å²) in [5.41, 5.74) is 6.25. The Labute approximate surface area is 109 Å². The molecule has 1 aliphatic heterocycles. The second kappa shape index (κ2) is 5.87. The minimum Gasteiger partial charge on any atom is -0.465 e. The largest absolute Gasteiger partial charge is 0.465 e. The topological polar surface area (TPSA) is 62.6 Å². The first-order valence-electron chi connectivity index (χ1n) is 6.85. The van der Waals surface area contributed by atoms with E-state index in [0.717, 1.165) is 37.3 Å². The van der Waals surface area contributed by atoms with Crippen molar-refractivity contribution in [2.75, 3.05) is 13.1 Å². The SMILES string of the molecule is CCC(N)C(c1ccc(C)o1)N1CCCC(O)C1. The molecule has 0 aliphatic carbocycles. The van der Waals surface area contributed by atoms with Crippen molar-refractivity contribution < 1.29 is 9.52 Å². The van der Waals surface area contributed by atoms with Gasteiger partial charge in [-0.15, -0.1) is 0 Å². The van der Waals surface area contributed by atoms with E-state index in [9.17, 15) is 5.11 Å². The number of furan rings is 1. The highest BCUT2D eigenvalue weighted by atomic mass is 16.3. The van der Waals surface area contributed by atoms with Gasteiger partial charge in [0.2, 0.25) is 0 Å². The molecule has 102 valence electrons. The fourth-order valence-corrected chi connectivity index (χ4v) is 2.73. The van der Waals surface area contributed by atoms with Crippen molar-refractivity contribution in [1.82, 2.24) is 4.90 Å². The molecule has 3 unspecified atom stereocenters. The Bertz CT molecular complexity index is 378. The van der Waals surface area contributed by atoms with Crippen molar-refractivity contribution >= 4 is 0 Å². The van der Waals surface area contributed by atoms with Crippen molar-refractivity contribution in [3.05, 3.63) is 23.7 Å². The van der Waals surface area contributed by atoms with Crippen LogP contribution < -0.4 is 5.73 Å². The van der Waals surface area contributed by atoms with Crippen LogP contribution in [0.3, 0.4) is 0 Å². The fourth-order valence-electron chi connectivity index (χ4n) is 2.73. The summed E-state index contributed by atoms with van der Waals surface area (Å²) in [5, 5.41) is 9.82. The Morgan fingerprint density at radius 1 is 1.56 bits per heavy atom. The first-order valence-corrected chi connectivity index (χ1v) is 6.85. The third-order valence-corrected chi connectivity index (χ3v) is 3.75. The summed E-state index contributed by atoms with van der Waals surface area (Å²) in [5.74, 6) is 1.84. The number of aryl methyl sites for hydroxylation is 1. The second-order valence-electron chi connectivity index (χ2n) is 5.26. The van der Waals surface area contributed by atoms with Crippen LogP contribution in [0, 0.1) is 6.92 Å². The third kappa shape index (κ3) is 2.94. The number of nitrogens with two attached hydrogens (primary N) is 1. The molecule has 1 aromatic heterocycles.